The topological polar surface area (TPSA) is 44.8 Å². The van der Waals surface area contributed by atoms with Crippen LogP contribution in [0.15, 0.2) is 24.3 Å². The first-order valence-electron chi connectivity index (χ1n) is 7.27. The van der Waals surface area contributed by atoms with E-state index >= 15 is 0 Å². The van der Waals surface area contributed by atoms with E-state index in [0.717, 1.165) is 12.0 Å². The third-order valence-corrected chi connectivity index (χ3v) is 3.35. The zero-order valence-electron chi connectivity index (χ0n) is 12.0. The summed E-state index contributed by atoms with van der Waals surface area (Å²) in [6, 6.07) is 8.51. The Labute approximate surface area is 120 Å². The van der Waals surface area contributed by atoms with Crippen LogP contribution in [0.3, 0.4) is 0 Å². The molecule has 0 bridgehead atoms. The van der Waals surface area contributed by atoms with Gasteiger partial charge in [-0.15, -0.1) is 0 Å². The lowest BCUT2D eigenvalue weighted by molar-refractivity contribution is -0.0885. The van der Waals surface area contributed by atoms with Gasteiger partial charge in [-0.2, -0.15) is 0 Å². The van der Waals surface area contributed by atoms with Gasteiger partial charge in [0.1, 0.15) is 19.3 Å². The van der Waals surface area contributed by atoms with Crippen molar-refractivity contribution in [3.63, 3.8) is 0 Å². The zero-order valence-corrected chi connectivity index (χ0v) is 12.0. The van der Waals surface area contributed by atoms with Gasteiger partial charge in [0.2, 0.25) is 0 Å². The van der Waals surface area contributed by atoms with E-state index in [1.807, 2.05) is 0 Å². The fourth-order valence-electron chi connectivity index (χ4n) is 2.10. The fraction of sp³-hybridized carbons (Fsp3) is 0.562. The van der Waals surface area contributed by atoms with Crippen LogP contribution in [0.4, 0.5) is 4.79 Å². The SMILES string of the molecule is CCCCCc1ccc(COC2COC(=O)OC2)cc1. The minimum Gasteiger partial charge on any atom is -0.431 e. The van der Waals surface area contributed by atoms with Crippen LogP contribution in [0.5, 0.6) is 0 Å². The van der Waals surface area contributed by atoms with Crippen molar-refractivity contribution in [2.75, 3.05) is 13.2 Å². The number of hydrogen-bond acceptors (Lipinski definition) is 4. The second-order valence-corrected chi connectivity index (χ2v) is 5.08. The van der Waals surface area contributed by atoms with Gasteiger partial charge in [0.15, 0.2) is 0 Å². The molecule has 1 aromatic carbocycles. The Bertz CT molecular complexity index is 403. The Hall–Kier alpha value is -1.55. The summed E-state index contributed by atoms with van der Waals surface area (Å²) in [5, 5.41) is 0. The van der Waals surface area contributed by atoms with E-state index in [-0.39, 0.29) is 19.3 Å². The number of unbranched alkanes of at least 4 members (excludes halogenated alkanes) is 2. The zero-order chi connectivity index (χ0) is 14.2. The number of ether oxygens (including phenoxy) is 3. The molecule has 1 saturated heterocycles. The van der Waals surface area contributed by atoms with Gasteiger partial charge in [0.05, 0.1) is 6.61 Å². The Morgan fingerprint density at radius 2 is 1.75 bits per heavy atom. The number of benzene rings is 1. The van der Waals surface area contributed by atoms with E-state index in [1.54, 1.807) is 0 Å². The van der Waals surface area contributed by atoms with Crippen LogP contribution in [0, 0.1) is 0 Å². The number of aryl methyl sites for hydroxylation is 1. The monoisotopic (exact) mass is 278 g/mol. The molecule has 0 aromatic heterocycles. The minimum absolute atomic E-state index is 0.170. The molecule has 0 saturated carbocycles. The average molecular weight is 278 g/mol. The highest BCUT2D eigenvalue weighted by atomic mass is 16.7. The normalized spacial score (nSPS) is 15.8. The second kappa shape index (κ2) is 7.90. The molecule has 110 valence electrons. The molecule has 0 aliphatic carbocycles. The van der Waals surface area contributed by atoms with Crippen molar-refractivity contribution in [2.24, 2.45) is 0 Å². The summed E-state index contributed by atoms with van der Waals surface area (Å²) in [7, 11) is 0. The van der Waals surface area contributed by atoms with E-state index in [1.165, 1.54) is 24.8 Å². The quantitative estimate of drug-likeness (QED) is 0.566. The fourth-order valence-corrected chi connectivity index (χ4v) is 2.10. The van der Waals surface area contributed by atoms with Crippen molar-refractivity contribution in [3.05, 3.63) is 35.4 Å². The number of rotatable bonds is 7. The van der Waals surface area contributed by atoms with E-state index in [2.05, 4.69) is 31.2 Å². The molecule has 0 spiro atoms. The van der Waals surface area contributed by atoms with Crippen LogP contribution < -0.4 is 0 Å². The van der Waals surface area contributed by atoms with E-state index in [0.29, 0.717) is 6.61 Å². The van der Waals surface area contributed by atoms with Crippen molar-refractivity contribution >= 4 is 6.16 Å². The predicted octanol–water partition coefficient (Wildman–Crippen LogP) is 3.47. The van der Waals surface area contributed by atoms with E-state index in [9.17, 15) is 4.79 Å². The summed E-state index contributed by atoms with van der Waals surface area (Å²) in [4.78, 5) is 10.7. The molecular weight excluding hydrogens is 256 g/mol. The number of carbonyl (C=O) groups excluding carboxylic acids is 1. The molecule has 1 aliphatic rings. The number of cyclic esters (lactones) is 2. The van der Waals surface area contributed by atoms with Gasteiger partial charge in [-0.3, -0.25) is 0 Å². The Morgan fingerprint density at radius 1 is 1.10 bits per heavy atom. The van der Waals surface area contributed by atoms with Crippen LogP contribution in [0.2, 0.25) is 0 Å². The number of carbonyl (C=O) groups is 1. The van der Waals surface area contributed by atoms with Crippen molar-refractivity contribution in [3.8, 4) is 0 Å². The number of hydrogen-bond donors (Lipinski definition) is 0. The minimum atomic E-state index is -0.610. The smallest absolute Gasteiger partial charge is 0.431 e. The van der Waals surface area contributed by atoms with Crippen LogP contribution in [0.25, 0.3) is 0 Å². The third-order valence-electron chi connectivity index (χ3n) is 3.35. The molecule has 1 heterocycles. The summed E-state index contributed by atoms with van der Waals surface area (Å²) in [6.07, 6.45) is 4.14. The lowest BCUT2D eigenvalue weighted by atomic mass is 10.1. The molecule has 0 atom stereocenters. The van der Waals surface area contributed by atoms with Crippen LogP contribution in [0.1, 0.15) is 37.3 Å². The van der Waals surface area contributed by atoms with Gasteiger partial charge >= 0.3 is 6.16 Å². The molecule has 0 radical (unpaired) electrons. The van der Waals surface area contributed by atoms with Crippen LogP contribution >= 0.6 is 0 Å². The predicted molar refractivity (Wildman–Crippen MR) is 75.5 cm³/mol. The summed E-state index contributed by atoms with van der Waals surface area (Å²) in [6.45, 7) is 3.27. The van der Waals surface area contributed by atoms with Gasteiger partial charge in [-0.1, -0.05) is 44.0 Å². The summed E-state index contributed by atoms with van der Waals surface area (Å²) in [5.74, 6) is 0. The molecule has 0 unspecified atom stereocenters. The van der Waals surface area contributed by atoms with Crippen LogP contribution in [-0.2, 0) is 27.2 Å². The molecule has 1 fully saturated rings. The van der Waals surface area contributed by atoms with E-state index < -0.39 is 6.16 Å². The molecule has 4 nitrogen and oxygen atoms in total. The largest absolute Gasteiger partial charge is 0.508 e. The van der Waals surface area contributed by atoms with Crippen LogP contribution in [-0.4, -0.2) is 25.5 Å². The lowest BCUT2D eigenvalue weighted by Crippen LogP contribution is -2.33. The summed E-state index contributed by atoms with van der Waals surface area (Å²) in [5.41, 5.74) is 2.50. The first-order chi connectivity index (χ1) is 9.78. The van der Waals surface area contributed by atoms with Gasteiger partial charge in [-0.25, -0.2) is 4.79 Å². The Kier molecular flexibility index (Phi) is 5.87. The Balaban J connectivity index is 1.72. The molecule has 1 aliphatic heterocycles. The maximum atomic E-state index is 10.7. The molecule has 4 heteroatoms. The highest BCUT2D eigenvalue weighted by Crippen LogP contribution is 2.12. The molecule has 1 aromatic rings. The Morgan fingerprint density at radius 3 is 2.40 bits per heavy atom. The molecular formula is C16H22O4. The average Bonchev–Trinajstić information content (AvgIpc) is 2.48. The summed E-state index contributed by atoms with van der Waals surface area (Å²) < 4.78 is 15.2. The van der Waals surface area contributed by atoms with Gasteiger partial charge in [-0.05, 0) is 24.0 Å². The lowest BCUT2D eigenvalue weighted by Gasteiger charge is -2.22. The van der Waals surface area contributed by atoms with Gasteiger partial charge < -0.3 is 14.2 Å². The maximum absolute atomic E-state index is 10.7. The molecule has 0 N–H and O–H groups in total. The van der Waals surface area contributed by atoms with Crippen molar-refractivity contribution in [1.29, 1.82) is 0 Å². The standard InChI is InChI=1S/C16H22O4/c1-2-3-4-5-13-6-8-14(9-7-13)10-18-15-11-19-16(17)20-12-15/h6-9,15H,2-5,10-12H2,1H3. The van der Waals surface area contributed by atoms with Crippen molar-refractivity contribution < 1.29 is 19.0 Å². The van der Waals surface area contributed by atoms with E-state index in [4.69, 9.17) is 14.2 Å². The molecule has 20 heavy (non-hydrogen) atoms. The highest BCUT2D eigenvalue weighted by Gasteiger charge is 2.21. The van der Waals surface area contributed by atoms with Gasteiger partial charge in [0.25, 0.3) is 0 Å². The first kappa shape index (κ1) is 14.9. The molecule has 2 rings (SSSR count). The highest BCUT2D eigenvalue weighted by molar-refractivity contribution is 5.60. The summed E-state index contributed by atoms with van der Waals surface area (Å²) >= 11 is 0. The van der Waals surface area contributed by atoms with Crippen molar-refractivity contribution in [1.82, 2.24) is 0 Å². The second-order valence-electron chi connectivity index (χ2n) is 5.08. The first-order valence-corrected chi connectivity index (χ1v) is 7.27. The third kappa shape index (κ3) is 4.85. The molecule has 0 amide bonds. The maximum Gasteiger partial charge on any atom is 0.508 e. The van der Waals surface area contributed by atoms with Gasteiger partial charge in [0, 0.05) is 0 Å². The van der Waals surface area contributed by atoms with Crippen molar-refractivity contribution in [2.45, 2.75) is 45.3 Å².